The Bertz CT molecular complexity index is 861. The molecule has 0 aromatic heterocycles. The summed E-state index contributed by atoms with van der Waals surface area (Å²) in [5, 5.41) is 0. The fourth-order valence-corrected chi connectivity index (χ4v) is 3.37. The zero-order valence-corrected chi connectivity index (χ0v) is 16.0. The second kappa shape index (κ2) is 8.19. The van der Waals surface area contributed by atoms with E-state index in [1.807, 2.05) is 95.9 Å². The number of nitrogens with zero attached hydrogens (tertiary/aromatic N) is 1. The van der Waals surface area contributed by atoms with Gasteiger partial charge in [-0.05, 0) is 31.5 Å². The normalized spacial score (nSPS) is 12.4. The van der Waals surface area contributed by atoms with E-state index >= 15 is 0 Å². The Morgan fingerprint density at radius 1 is 0.815 bits per heavy atom. The van der Waals surface area contributed by atoms with Crippen LogP contribution in [0.5, 0.6) is 0 Å². The van der Waals surface area contributed by atoms with Gasteiger partial charge in [-0.2, -0.15) is 0 Å². The van der Waals surface area contributed by atoms with Crippen molar-refractivity contribution in [1.82, 2.24) is 4.90 Å². The standard InChI is InChI=1S/C24H25NO2/c1-24(2,21-17-11-6-12-18-21)25(22(26)19-13-7-4-8-14-19)23(27-3)20-15-9-5-10-16-20/h4-18,23H,1-3H3. The summed E-state index contributed by atoms with van der Waals surface area (Å²) in [5.74, 6) is -0.0693. The minimum atomic E-state index is -0.579. The quantitative estimate of drug-likeness (QED) is 0.551. The fraction of sp³-hybridized carbons (Fsp3) is 0.208. The summed E-state index contributed by atoms with van der Waals surface area (Å²) in [7, 11) is 1.64. The Labute approximate surface area is 161 Å². The molecular weight excluding hydrogens is 334 g/mol. The number of rotatable bonds is 6. The van der Waals surface area contributed by atoms with Crippen LogP contribution in [0.2, 0.25) is 0 Å². The third-order valence-corrected chi connectivity index (χ3v) is 4.86. The highest BCUT2D eigenvalue weighted by Crippen LogP contribution is 2.37. The minimum absolute atomic E-state index is 0.0693. The van der Waals surface area contributed by atoms with Crippen LogP contribution in [0.4, 0.5) is 0 Å². The van der Waals surface area contributed by atoms with E-state index in [-0.39, 0.29) is 5.91 Å². The molecule has 1 unspecified atom stereocenters. The molecule has 3 rings (SSSR count). The summed E-state index contributed by atoms with van der Waals surface area (Å²) < 4.78 is 5.85. The molecule has 27 heavy (non-hydrogen) atoms. The van der Waals surface area contributed by atoms with Crippen molar-refractivity contribution in [1.29, 1.82) is 0 Å². The molecule has 3 heteroatoms. The van der Waals surface area contributed by atoms with E-state index in [4.69, 9.17) is 4.74 Å². The van der Waals surface area contributed by atoms with Gasteiger partial charge in [0.25, 0.3) is 5.91 Å². The van der Waals surface area contributed by atoms with E-state index in [0.29, 0.717) is 5.56 Å². The molecule has 3 aromatic carbocycles. The molecule has 0 aliphatic rings. The summed E-state index contributed by atoms with van der Waals surface area (Å²) in [4.78, 5) is 15.4. The van der Waals surface area contributed by atoms with Crippen molar-refractivity contribution in [2.75, 3.05) is 7.11 Å². The molecule has 1 atom stereocenters. The number of hydrogen-bond donors (Lipinski definition) is 0. The molecule has 0 aliphatic heterocycles. The van der Waals surface area contributed by atoms with Crippen molar-refractivity contribution >= 4 is 5.91 Å². The van der Waals surface area contributed by atoms with Gasteiger partial charge in [-0.25, -0.2) is 0 Å². The van der Waals surface area contributed by atoms with Gasteiger partial charge < -0.3 is 4.74 Å². The van der Waals surface area contributed by atoms with Crippen LogP contribution < -0.4 is 0 Å². The smallest absolute Gasteiger partial charge is 0.256 e. The first-order valence-electron chi connectivity index (χ1n) is 9.07. The first-order valence-corrected chi connectivity index (χ1v) is 9.07. The molecule has 0 radical (unpaired) electrons. The highest BCUT2D eigenvalue weighted by Gasteiger charge is 2.39. The molecule has 0 bridgehead atoms. The summed E-state index contributed by atoms with van der Waals surface area (Å²) in [6, 6.07) is 29.3. The van der Waals surface area contributed by atoms with Crippen LogP contribution in [0.25, 0.3) is 0 Å². The first-order chi connectivity index (χ1) is 13.1. The number of benzene rings is 3. The summed E-state index contributed by atoms with van der Waals surface area (Å²) in [5.41, 5.74) is 2.05. The molecule has 0 heterocycles. The molecule has 0 aliphatic carbocycles. The average molecular weight is 359 g/mol. The Morgan fingerprint density at radius 3 is 1.81 bits per heavy atom. The van der Waals surface area contributed by atoms with Crippen molar-refractivity contribution in [2.24, 2.45) is 0 Å². The monoisotopic (exact) mass is 359 g/mol. The second-order valence-electron chi connectivity index (χ2n) is 6.96. The Morgan fingerprint density at radius 2 is 1.30 bits per heavy atom. The van der Waals surface area contributed by atoms with Gasteiger partial charge >= 0.3 is 0 Å². The van der Waals surface area contributed by atoms with Crippen LogP contribution in [0.1, 0.15) is 41.6 Å². The molecule has 3 nitrogen and oxygen atoms in total. The fourth-order valence-electron chi connectivity index (χ4n) is 3.37. The van der Waals surface area contributed by atoms with E-state index in [2.05, 4.69) is 13.8 Å². The molecule has 3 aromatic rings. The van der Waals surface area contributed by atoms with Gasteiger partial charge in [0, 0.05) is 18.2 Å². The van der Waals surface area contributed by atoms with E-state index in [9.17, 15) is 4.79 Å². The predicted octanol–water partition coefficient (Wildman–Crippen LogP) is 5.41. The van der Waals surface area contributed by atoms with Crippen LogP contribution >= 0.6 is 0 Å². The lowest BCUT2D eigenvalue weighted by Crippen LogP contribution is -2.48. The van der Waals surface area contributed by atoms with Gasteiger partial charge in [-0.1, -0.05) is 78.9 Å². The molecule has 138 valence electrons. The van der Waals surface area contributed by atoms with Crippen molar-refractivity contribution in [3.05, 3.63) is 108 Å². The SMILES string of the molecule is COC(c1ccccc1)N(C(=O)c1ccccc1)C(C)(C)c1ccccc1. The Balaban J connectivity index is 2.13. The second-order valence-corrected chi connectivity index (χ2v) is 6.96. The molecule has 0 saturated carbocycles. The van der Waals surface area contributed by atoms with Crippen molar-refractivity contribution in [3.8, 4) is 0 Å². The number of amides is 1. The maximum Gasteiger partial charge on any atom is 0.256 e. The van der Waals surface area contributed by atoms with Gasteiger partial charge in [0.15, 0.2) is 6.23 Å². The highest BCUT2D eigenvalue weighted by atomic mass is 16.5. The van der Waals surface area contributed by atoms with Gasteiger partial charge in [0.05, 0.1) is 5.54 Å². The Kier molecular flexibility index (Phi) is 5.72. The number of hydrogen-bond acceptors (Lipinski definition) is 2. The zero-order valence-electron chi connectivity index (χ0n) is 16.0. The predicted molar refractivity (Wildman–Crippen MR) is 108 cm³/mol. The lowest BCUT2D eigenvalue weighted by atomic mass is 9.90. The largest absolute Gasteiger partial charge is 0.357 e. The molecule has 0 N–H and O–H groups in total. The highest BCUT2D eigenvalue weighted by molar-refractivity contribution is 5.95. The van der Waals surface area contributed by atoms with Crippen LogP contribution in [0.3, 0.4) is 0 Å². The molecule has 0 spiro atoms. The van der Waals surface area contributed by atoms with Gasteiger partial charge in [0.1, 0.15) is 0 Å². The summed E-state index contributed by atoms with van der Waals surface area (Å²) in [6.45, 7) is 4.11. The third-order valence-electron chi connectivity index (χ3n) is 4.86. The lowest BCUT2D eigenvalue weighted by molar-refractivity contribution is -0.0652. The van der Waals surface area contributed by atoms with Gasteiger partial charge in [-0.3, -0.25) is 9.69 Å². The van der Waals surface area contributed by atoms with E-state index in [1.165, 1.54) is 0 Å². The number of carbonyl (C=O) groups is 1. The molecule has 0 fully saturated rings. The van der Waals surface area contributed by atoms with Crippen molar-refractivity contribution in [2.45, 2.75) is 25.6 Å². The maximum atomic E-state index is 13.6. The topological polar surface area (TPSA) is 29.5 Å². The molecular formula is C24H25NO2. The third kappa shape index (κ3) is 3.93. The molecule has 1 amide bonds. The zero-order chi connectivity index (χ0) is 19.3. The van der Waals surface area contributed by atoms with Crippen molar-refractivity contribution in [3.63, 3.8) is 0 Å². The number of ether oxygens (including phenoxy) is 1. The van der Waals surface area contributed by atoms with Crippen LogP contribution in [-0.4, -0.2) is 17.9 Å². The average Bonchev–Trinajstić information content (AvgIpc) is 2.73. The summed E-state index contributed by atoms with van der Waals surface area (Å²) in [6.07, 6.45) is -0.505. The van der Waals surface area contributed by atoms with Crippen LogP contribution in [-0.2, 0) is 10.3 Å². The van der Waals surface area contributed by atoms with E-state index < -0.39 is 11.8 Å². The van der Waals surface area contributed by atoms with Crippen LogP contribution in [0, 0.1) is 0 Å². The van der Waals surface area contributed by atoms with Crippen LogP contribution in [0.15, 0.2) is 91.0 Å². The van der Waals surface area contributed by atoms with Crippen molar-refractivity contribution < 1.29 is 9.53 Å². The van der Waals surface area contributed by atoms with E-state index in [0.717, 1.165) is 11.1 Å². The van der Waals surface area contributed by atoms with Gasteiger partial charge in [-0.15, -0.1) is 0 Å². The van der Waals surface area contributed by atoms with Gasteiger partial charge in [0.2, 0.25) is 0 Å². The van der Waals surface area contributed by atoms with E-state index in [1.54, 1.807) is 7.11 Å². The number of carbonyl (C=O) groups excluding carboxylic acids is 1. The minimum Gasteiger partial charge on any atom is -0.357 e. The maximum absolute atomic E-state index is 13.6. The summed E-state index contributed by atoms with van der Waals surface area (Å²) >= 11 is 0. The molecule has 0 saturated heterocycles. The number of methoxy groups -OCH3 is 1. The Hall–Kier alpha value is -2.91. The lowest BCUT2D eigenvalue weighted by Gasteiger charge is -2.43. The first kappa shape index (κ1) is 18.9.